The Kier molecular flexibility index (Phi) is 4.64. The highest BCUT2D eigenvalue weighted by Crippen LogP contribution is 2.31. The number of halogens is 1. The van der Waals surface area contributed by atoms with E-state index in [9.17, 15) is 9.18 Å². The lowest BCUT2D eigenvalue weighted by Gasteiger charge is -2.27. The van der Waals surface area contributed by atoms with E-state index in [2.05, 4.69) is 25.6 Å². The van der Waals surface area contributed by atoms with Crippen LogP contribution in [0.4, 0.5) is 15.9 Å². The summed E-state index contributed by atoms with van der Waals surface area (Å²) in [6.45, 7) is 2.91. The van der Waals surface area contributed by atoms with E-state index in [4.69, 9.17) is 9.72 Å². The Morgan fingerprint density at radius 2 is 2.12 bits per heavy atom. The molecule has 2 atom stereocenters. The number of anilines is 2. The smallest absolute Gasteiger partial charge is 0.257 e. The van der Waals surface area contributed by atoms with Crippen LogP contribution in [-0.2, 0) is 4.74 Å². The molecule has 33 heavy (non-hydrogen) atoms. The molecule has 0 spiro atoms. The molecule has 2 fully saturated rings. The minimum atomic E-state index is -0.982. The Labute approximate surface area is 188 Å². The fourth-order valence-electron chi connectivity index (χ4n) is 4.24. The molecule has 0 bridgehead atoms. The van der Waals surface area contributed by atoms with E-state index >= 15 is 0 Å². The van der Waals surface area contributed by atoms with Crippen molar-refractivity contribution in [3.63, 3.8) is 0 Å². The van der Waals surface area contributed by atoms with Gasteiger partial charge >= 0.3 is 0 Å². The molecule has 2 aliphatic rings. The van der Waals surface area contributed by atoms with Crippen molar-refractivity contribution in [2.45, 2.75) is 18.6 Å². The predicted molar refractivity (Wildman–Crippen MR) is 121 cm³/mol. The molecule has 2 N–H and O–H groups in total. The third kappa shape index (κ3) is 3.35. The fraction of sp³-hybridized carbons (Fsp3) is 0.364. The summed E-state index contributed by atoms with van der Waals surface area (Å²) in [4.78, 5) is 24.4. The number of carbonyl (C=O) groups excluding carboxylic acids is 1. The van der Waals surface area contributed by atoms with Crippen molar-refractivity contribution in [2.24, 2.45) is 0 Å². The Hall–Kier alpha value is -3.73. The van der Waals surface area contributed by atoms with E-state index in [0.29, 0.717) is 42.5 Å². The second kappa shape index (κ2) is 7.69. The number of nitrogens with zero attached hydrogens (tertiary/aromatic N) is 6. The molecule has 10 nitrogen and oxygen atoms in total. The lowest BCUT2D eigenvalue weighted by Crippen LogP contribution is -2.36. The highest BCUT2D eigenvalue weighted by Gasteiger charge is 2.39. The summed E-state index contributed by atoms with van der Waals surface area (Å²) in [5.74, 6) is 0.908. The van der Waals surface area contributed by atoms with Crippen molar-refractivity contribution >= 4 is 34.1 Å². The summed E-state index contributed by atoms with van der Waals surface area (Å²) in [5.41, 5.74) is 3.48. The Balaban J connectivity index is 1.48. The summed E-state index contributed by atoms with van der Waals surface area (Å²) in [6, 6.07) is 5.32. The van der Waals surface area contributed by atoms with E-state index in [1.165, 1.54) is 6.20 Å². The number of carbonyl (C=O) groups is 1. The first-order chi connectivity index (χ1) is 16.1. The minimum absolute atomic E-state index is 0.301. The van der Waals surface area contributed by atoms with Crippen LogP contribution in [0.25, 0.3) is 22.5 Å². The molecule has 0 unspecified atom stereocenters. The average molecular weight is 450 g/mol. The van der Waals surface area contributed by atoms with E-state index in [-0.39, 0.29) is 5.91 Å². The van der Waals surface area contributed by atoms with Crippen LogP contribution in [0.1, 0.15) is 16.8 Å². The topological polar surface area (TPSA) is 102 Å². The third-order valence-electron chi connectivity index (χ3n) is 6.13. The molecule has 4 aromatic rings. The van der Waals surface area contributed by atoms with Crippen LogP contribution >= 0.6 is 0 Å². The first-order valence-electron chi connectivity index (χ1n) is 10.9. The van der Waals surface area contributed by atoms with Gasteiger partial charge < -0.3 is 20.3 Å². The molecule has 5 heterocycles. The number of pyridine rings is 1. The van der Waals surface area contributed by atoms with Crippen LogP contribution < -0.4 is 15.5 Å². The number of morpholine rings is 1. The average Bonchev–Trinajstić information content (AvgIpc) is 3.24. The maximum absolute atomic E-state index is 13.3. The molecular formula is C22H23FN8O2. The Morgan fingerprint density at radius 1 is 1.30 bits per heavy atom. The van der Waals surface area contributed by atoms with Crippen molar-refractivity contribution in [1.82, 2.24) is 29.5 Å². The van der Waals surface area contributed by atoms with Crippen LogP contribution in [0.2, 0.25) is 0 Å². The molecular weight excluding hydrogens is 427 g/mol. The molecule has 11 heteroatoms. The van der Waals surface area contributed by atoms with Crippen LogP contribution in [0.3, 0.4) is 0 Å². The highest BCUT2D eigenvalue weighted by molar-refractivity contribution is 6.00. The molecule has 1 saturated carbocycles. The molecule has 0 aromatic carbocycles. The molecule has 1 amide bonds. The van der Waals surface area contributed by atoms with Gasteiger partial charge in [0.25, 0.3) is 5.91 Å². The second-order valence-corrected chi connectivity index (χ2v) is 8.23. The molecule has 4 aromatic heterocycles. The molecule has 1 aliphatic heterocycles. The van der Waals surface area contributed by atoms with Gasteiger partial charge in [-0.2, -0.15) is 9.61 Å². The van der Waals surface area contributed by atoms with Crippen LogP contribution in [-0.4, -0.2) is 75.6 Å². The van der Waals surface area contributed by atoms with Crippen molar-refractivity contribution in [3.8, 4) is 5.82 Å². The number of hydrogen-bond acceptors (Lipinski definition) is 7. The van der Waals surface area contributed by atoms with E-state index < -0.39 is 12.2 Å². The van der Waals surface area contributed by atoms with Crippen LogP contribution in [0, 0.1) is 0 Å². The van der Waals surface area contributed by atoms with E-state index in [1.807, 2.05) is 29.0 Å². The maximum Gasteiger partial charge on any atom is 0.257 e. The van der Waals surface area contributed by atoms with E-state index in [1.54, 1.807) is 17.8 Å². The predicted octanol–water partition coefficient (Wildman–Crippen LogP) is 1.79. The molecule has 6 rings (SSSR count). The number of fused-ring (bicyclic) bond motifs is 2. The van der Waals surface area contributed by atoms with Gasteiger partial charge in [0.15, 0.2) is 5.65 Å². The number of aromatic nitrogens is 5. The number of hydrogen-bond donors (Lipinski definition) is 2. The minimum Gasteiger partial charge on any atom is -0.378 e. The number of ether oxygens (including phenoxy) is 1. The normalized spacial score (nSPS) is 20.4. The van der Waals surface area contributed by atoms with Gasteiger partial charge in [-0.25, -0.2) is 9.37 Å². The Morgan fingerprint density at radius 3 is 2.88 bits per heavy atom. The first kappa shape index (κ1) is 19.9. The summed E-state index contributed by atoms with van der Waals surface area (Å²) in [7, 11) is 1.78. The Bertz CT molecular complexity index is 1360. The summed E-state index contributed by atoms with van der Waals surface area (Å²) >= 11 is 0. The van der Waals surface area contributed by atoms with Gasteiger partial charge in [-0.3, -0.25) is 14.3 Å². The van der Waals surface area contributed by atoms with Crippen LogP contribution in [0.15, 0.2) is 36.8 Å². The molecule has 0 radical (unpaired) electrons. The number of rotatable bonds is 5. The summed E-state index contributed by atoms with van der Waals surface area (Å²) in [5, 5.41) is 10.2. The van der Waals surface area contributed by atoms with Gasteiger partial charge in [-0.05, 0) is 12.1 Å². The third-order valence-corrected chi connectivity index (χ3v) is 6.13. The maximum atomic E-state index is 13.3. The quantitative estimate of drug-likeness (QED) is 0.478. The second-order valence-electron chi connectivity index (χ2n) is 8.23. The SMILES string of the molecule is CNc1cc(-n2cc(N3CCOCC3)c3ncccc32)nc2c(C(=O)N[C@H]3C[C@H]3F)cnn12. The van der Waals surface area contributed by atoms with Gasteiger partial charge in [-0.1, -0.05) is 0 Å². The van der Waals surface area contributed by atoms with Gasteiger partial charge in [0.1, 0.15) is 28.9 Å². The number of amides is 1. The lowest BCUT2D eigenvalue weighted by molar-refractivity contribution is 0.0949. The van der Waals surface area contributed by atoms with Crippen molar-refractivity contribution in [2.75, 3.05) is 43.6 Å². The zero-order chi connectivity index (χ0) is 22.5. The van der Waals surface area contributed by atoms with Crippen LogP contribution in [0.5, 0.6) is 0 Å². The van der Waals surface area contributed by atoms with Crippen molar-refractivity contribution in [1.29, 1.82) is 0 Å². The summed E-state index contributed by atoms with van der Waals surface area (Å²) in [6.07, 6.45) is 4.63. The molecule has 1 aliphatic carbocycles. The first-order valence-corrected chi connectivity index (χ1v) is 10.9. The molecule has 1 saturated heterocycles. The standard InChI is InChI=1S/C22H23FN8O2/c1-24-18-10-19(28-21-13(11-26-31(18)21)22(32)27-15-9-14(15)23)30-12-17(29-5-7-33-8-6-29)20-16(30)3-2-4-25-20/h2-4,10-12,14-15,24H,5-9H2,1H3,(H,27,32)/t14-,15+/m1/s1. The van der Waals surface area contributed by atoms with E-state index in [0.717, 1.165) is 29.8 Å². The van der Waals surface area contributed by atoms with Gasteiger partial charge in [0.2, 0.25) is 0 Å². The highest BCUT2D eigenvalue weighted by atomic mass is 19.1. The fourth-order valence-corrected chi connectivity index (χ4v) is 4.24. The summed E-state index contributed by atoms with van der Waals surface area (Å²) < 4.78 is 22.4. The largest absolute Gasteiger partial charge is 0.378 e. The van der Waals surface area contributed by atoms with Gasteiger partial charge in [-0.15, -0.1) is 0 Å². The molecule has 170 valence electrons. The number of nitrogens with one attached hydrogen (secondary N) is 2. The zero-order valence-corrected chi connectivity index (χ0v) is 18.0. The van der Waals surface area contributed by atoms with Gasteiger partial charge in [0.05, 0.1) is 36.7 Å². The van der Waals surface area contributed by atoms with Crippen molar-refractivity contribution in [3.05, 3.63) is 42.4 Å². The zero-order valence-electron chi connectivity index (χ0n) is 18.0. The van der Waals surface area contributed by atoms with Crippen molar-refractivity contribution < 1.29 is 13.9 Å². The van der Waals surface area contributed by atoms with Gasteiger partial charge in [0, 0.05) is 45.0 Å². The lowest BCUT2D eigenvalue weighted by atomic mass is 10.3. The number of alkyl halides is 1. The monoisotopic (exact) mass is 450 g/mol.